The summed E-state index contributed by atoms with van der Waals surface area (Å²) in [7, 11) is 0. The highest BCUT2D eigenvalue weighted by Gasteiger charge is 2.35. The van der Waals surface area contributed by atoms with Crippen LogP contribution in [-0.4, -0.2) is 43.2 Å². The summed E-state index contributed by atoms with van der Waals surface area (Å²) >= 11 is 0. The van der Waals surface area contributed by atoms with Crippen molar-refractivity contribution < 1.29 is 9.53 Å². The summed E-state index contributed by atoms with van der Waals surface area (Å²) in [6.45, 7) is 2.33. The lowest BCUT2D eigenvalue weighted by Crippen LogP contribution is -2.45. The lowest BCUT2D eigenvalue weighted by atomic mass is 10.0. The molecule has 1 amide bonds. The van der Waals surface area contributed by atoms with E-state index in [0.717, 1.165) is 19.6 Å². The van der Waals surface area contributed by atoms with Crippen molar-refractivity contribution in [2.75, 3.05) is 26.3 Å². The monoisotopic (exact) mass is 198 g/mol. The van der Waals surface area contributed by atoms with Gasteiger partial charge in [-0.3, -0.25) is 4.79 Å². The molecular formula is C10H18N2O2. The maximum Gasteiger partial charge on any atom is 0.236 e. The predicted octanol–water partition coefficient (Wildman–Crippen LogP) is -0.0274. The van der Waals surface area contributed by atoms with E-state index in [-0.39, 0.29) is 12.5 Å². The Kier molecular flexibility index (Phi) is 3.03. The highest BCUT2D eigenvalue weighted by atomic mass is 16.5. The Morgan fingerprint density at radius 3 is 3.14 bits per heavy atom. The van der Waals surface area contributed by atoms with E-state index in [4.69, 9.17) is 10.5 Å². The third kappa shape index (κ3) is 1.77. The minimum atomic E-state index is 0.0763. The van der Waals surface area contributed by atoms with Crippen LogP contribution in [0.15, 0.2) is 0 Å². The summed E-state index contributed by atoms with van der Waals surface area (Å²) in [6.07, 6.45) is 3.53. The van der Waals surface area contributed by atoms with Crippen molar-refractivity contribution in [3.8, 4) is 0 Å². The van der Waals surface area contributed by atoms with E-state index in [0.29, 0.717) is 18.6 Å². The van der Waals surface area contributed by atoms with Crippen LogP contribution < -0.4 is 5.73 Å². The van der Waals surface area contributed by atoms with Crippen LogP contribution in [0.4, 0.5) is 0 Å². The number of nitrogens with zero attached hydrogens (tertiary/aromatic N) is 1. The summed E-state index contributed by atoms with van der Waals surface area (Å²) in [5.41, 5.74) is 5.40. The zero-order valence-corrected chi connectivity index (χ0v) is 8.45. The molecule has 14 heavy (non-hydrogen) atoms. The first-order valence-corrected chi connectivity index (χ1v) is 5.40. The number of rotatable bonds is 1. The molecule has 0 aromatic carbocycles. The maximum absolute atomic E-state index is 11.6. The molecule has 2 rings (SSSR count). The quantitative estimate of drug-likeness (QED) is 0.644. The Bertz CT molecular complexity index is 220. The Hall–Kier alpha value is -0.610. The molecule has 0 aromatic heterocycles. The van der Waals surface area contributed by atoms with Crippen molar-refractivity contribution in [2.45, 2.75) is 25.3 Å². The number of fused-ring (bicyclic) bond motifs is 1. The average Bonchev–Trinajstić information content (AvgIpc) is 2.57. The van der Waals surface area contributed by atoms with Crippen LogP contribution in [-0.2, 0) is 9.53 Å². The van der Waals surface area contributed by atoms with Gasteiger partial charge in [0.2, 0.25) is 5.91 Å². The number of amides is 1. The van der Waals surface area contributed by atoms with Gasteiger partial charge in [-0.05, 0) is 12.8 Å². The smallest absolute Gasteiger partial charge is 0.236 e. The first-order chi connectivity index (χ1) is 6.83. The molecule has 80 valence electrons. The van der Waals surface area contributed by atoms with Gasteiger partial charge in [0, 0.05) is 18.5 Å². The molecule has 0 spiro atoms. The fourth-order valence-corrected chi connectivity index (χ4v) is 2.61. The van der Waals surface area contributed by atoms with Gasteiger partial charge in [-0.25, -0.2) is 0 Å². The number of ether oxygens (including phenoxy) is 1. The molecule has 0 radical (unpaired) electrons. The van der Waals surface area contributed by atoms with Crippen molar-refractivity contribution in [1.29, 1.82) is 0 Å². The normalized spacial score (nSPS) is 32.5. The number of nitrogens with two attached hydrogens (primary N) is 1. The van der Waals surface area contributed by atoms with Crippen LogP contribution in [0.5, 0.6) is 0 Å². The van der Waals surface area contributed by atoms with Crippen LogP contribution >= 0.6 is 0 Å². The second-order valence-corrected chi connectivity index (χ2v) is 4.12. The lowest BCUT2D eigenvalue weighted by molar-refractivity contribution is -0.132. The van der Waals surface area contributed by atoms with Crippen molar-refractivity contribution in [1.82, 2.24) is 4.90 Å². The van der Waals surface area contributed by atoms with Crippen LogP contribution in [0.3, 0.4) is 0 Å². The third-order valence-corrected chi connectivity index (χ3v) is 3.32. The summed E-state index contributed by atoms with van der Waals surface area (Å²) in [5.74, 6) is 0.625. The number of carbonyl (C=O) groups is 1. The molecule has 1 aliphatic carbocycles. The molecule has 0 unspecified atom stereocenters. The number of hydrogen-bond acceptors (Lipinski definition) is 3. The molecule has 1 heterocycles. The van der Waals surface area contributed by atoms with E-state index in [2.05, 4.69) is 0 Å². The zero-order chi connectivity index (χ0) is 9.97. The number of hydrogen-bond donors (Lipinski definition) is 1. The molecule has 2 aliphatic rings. The van der Waals surface area contributed by atoms with Gasteiger partial charge in [-0.2, -0.15) is 0 Å². The van der Waals surface area contributed by atoms with Gasteiger partial charge in [0.25, 0.3) is 0 Å². The summed E-state index contributed by atoms with van der Waals surface area (Å²) in [4.78, 5) is 13.5. The molecule has 1 saturated heterocycles. The van der Waals surface area contributed by atoms with Gasteiger partial charge in [0.15, 0.2) is 0 Å². The van der Waals surface area contributed by atoms with Gasteiger partial charge in [-0.1, -0.05) is 6.42 Å². The van der Waals surface area contributed by atoms with E-state index < -0.39 is 0 Å². The Labute approximate surface area is 84.4 Å². The van der Waals surface area contributed by atoms with Crippen molar-refractivity contribution in [3.05, 3.63) is 0 Å². The van der Waals surface area contributed by atoms with E-state index in [1.165, 1.54) is 12.8 Å². The zero-order valence-electron chi connectivity index (χ0n) is 8.45. The Balaban J connectivity index is 2.08. The van der Waals surface area contributed by atoms with Crippen LogP contribution in [0.1, 0.15) is 19.3 Å². The first-order valence-electron chi connectivity index (χ1n) is 5.40. The van der Waals surface area contributed by atoms with Gasteiger partial charge >= 0.3 is 0 Å². The largest absolute Gasteiger partial charge is 0.379 e. The molecule has 4 nitrogen and oxygen atoms in total. The Morgan fingerprint density at radius 2 is 2.36 bits per heavy atom. The average molecular weight is 198 g/mol. The molecule has 2 fully saturated rings. The van der Waals surface area contributed by atoms with Gasteiger partial charge in [0.05, 0.1) is 19.8 Å². The van der Waals surface area contributed by atoms with E-state index in [9.17, 15) is 4.79 Å². The maximum atomic E-state index is 11.6. The molecule has 1 saturated carbocycles. The molecular weight excluding hydrogens is 180 g/mol. The molecule has 2 atom stereocenters. The minimum absolute atomic E-state index is 0.0763. The van der Waals surface area contributed by atoms with Crippen molar-refractivity contribution in [3.63, 3.8) is 0 Å². The lowest BCUT2D eigenvalue weighted by Gasteiger charge is -2.29. The van der Waals surface area contributed by atoms with E-state index in [1.807, 2.05) is 4.90 Å². The van der Waals surface area contributed by atoms with E-state index >= 15 is 0 Å². The van der Waals surface area contributed by atoms with Crippen LogP contribution in [0.2, 0.25) is 0 Å². The van der Waals surface area contributed by atoms with Gasteiger partial charge in [-0.15, -0.1) is 0 Å². The topological polar surface area (TPSA) is 55.6 Å². The fourth-order valence-electron chi connectivity index (χ4n) is 2.61. The fraction of sp³-hybridized carbons (Fsp3) is 0.900. The molecule has 0 aromatic rings. The SMILES string of the molecule is NCC(=O)N1CCOC[C@H]2CCC[C@H]21. The third-order valence-electron chi connectivity index (χ3n) is 3.32. The highest BCUT2D eigenvalue weighted by Crippen LogP contribution is 2.31. The van der Waals surface area contributed by atoms with Gasteiger partial charge in [0.1, 0.15) is 0 Å². The minimum Gasteiger partial charge on any atom is -0.379 e. The summed E-state index contributed by atoms with van der Waals surface area (Å²) in [6, 6.07) is 0.397. The van der Waals surface area contributed by atoms with Gasteiger partial charge < -0.3 is 15.4 Å². The number of carbonyl (C=O) groups excluding carboxylic acids is 1. The van der Waals surface area contributed by atoms with Crippen LogP contribution in [0.25, 0.3) is 0 Å². The highest BCUT2D eigenvalue weighted by molar-refractivity contribution is 5.78. The molecule has 0 bridgehead atoms. The van der Waals surface area contributed by atoms with Crippen molar-refractivity contribution >= 4 is 5.91 Å². The van der Waals surface area contributed by atoms with Crippen molar-refractivity contribution in [2.24, 2.45) is 11.7 Å². The second kappa shape index (κ2) is 4.28. The van der Waals surface area contributed by atoms with Crippen LogP contribution in [0, 0.1) is 5.92 Å². The van der Waals surface area contributed by atoms with E-state index in [1.54, 1.807) is 0 Å². The first kappa shape index (κ1) is 9.93. The predicted molar refractivity (Wildman–Crippen MR) is 52.7 cm³/mol. The molecule has 2 N–H and O–H groups in total. The molecule has 1 aliphatic heterocycles. The Morgan fingerprint density at radius 1 is 1.50 bits per heavy atom. The second-order valence-electron chi connectivity index (χ2n) is 4.12. The summed E-state index contributed by atoms with van der Waals surface area (Å²) in [5, 5.41) is 0. The summed E-state index contributed by atoms with van der Waals surface area (Å²) < 4.78 is 5.50. The standard InChI is InChI=1S/C10H18N2O2/c11-6-10(13)12-4-5-14-7-8-2-1-3-9(8)12/h8-9H,1-7,11H2/t8-,9-/m1/s1. The molecule has 4 heteroatoms.